The Bertz CT molecular complexity index is 1110. The third-order valence-electron chi connectivity index (χ3n) is 4.72. The van der Waals surface area contributed by atoms with E-state index in [-0.39, 0.29) is 22.1 Å². The van der Waals surface area contributed by atoms with Crippen LogP contribution in [0.2, 0.25) is 0 Å². The van der Waals surface area contributed by atoms with E-state index in [0.29, 0.717) is 18.0 Å². The predicted molar refractivity (Wildman–Crippen MR) is 115 cm³/mol. The quantitative estimate of drug-likeness (QED) is 0.519. The number of rotatable bonds is 8. The Morgan fingerprint density at radius 3 is 2.66 bits per heavy atom. The largest absolute Gasteiger partial charge is 0.486 e. The maximum Gasteiger partial charge on any atom is 0.335 e. The molecule has 1 heterocycles. The van der Waals surface area contributed by atoms with Crippen molar-refractivity contribution in [1.82, 2.24) is 0 Å². The first-order valence-electron chi connectivity index (χ1n) is 9.78. The third-order valence-corrected chi connectivity index (χ3v) is 4.72. The Kier molecular flexibility index (Phi) is 6.50. The standard InChI is InChI=1S/C24H24O5/c1-3-5-14-28-23-21(13-10-17-9-7-6-8-16(17)4-2)29-20-12-11-18(24(26)27)15-19(20)22(23)25/h6-13,15H,3-5,14H2,1-2H3,(H,26,27). The second-order valence-corrected chi connectivity index (χ2v) is 6.73. The van der Waals surface area contributed by atoms with Crippen molar-refractivity contribution in [2.75, 3.05) is 6.61 Å². The van der Waals surface area contributed by atoms with Crippen molar-refractivity contribution in [1.29, 1.82) is 0 Å². The maximum absolute atomic E-state index is 13.0. The van der Waals surface area contributed by atoms with Crippen LogP contribution in [0.1, 0.15) is 53.9 Å². The van der Waals surface area contributed by atoms with Gasteiger partial charge in [0.05, 0.1) is 17.6 Å². The number of benzene rings is 2. The van der Waals surface area contributed by atoms with Gasteiger partial charge in [0.25, 0.3) is 0 Å². The summed E-state index contributed by atoms with van der Waals surface area (Å²) in [5.41, 5.74) is 2.22. The van der Waals surface area contributed by atoms with Gasteiger partial charge in [-0.2, -0.15) is 0 Å². The predicted octanol–water partition coefficient (Wildman–Crippen LogP) is 5.40. The molecule has 0 radical (unpaired) electrons. The first-order chi connectivity index (χ1) is 14.0. The summed E-state index contributed by atoms with van der Waals surface area (Å²) in [6.07, 6.45) is 6.26. The lowest BCUT2D eigenvalue weighted by Crippen LogP contribution is -2.12. The molecular weight excluding hydrogens is 368 g/mol. The smallest absolute Gasteiger partial charge is 0.335 e. The summed E-state index contributed by atoms with van der Waals surface area (Å²) in [6, 6.07) is 12.3. The zero-order valence-corrected chi connectivity index (χ0v) is 16.6. The summed E-state index contributed by atoms with van der Waals surface area (Å²) in [7, 11) is 0. The minimum Gasteiger partial charge on any atom is -0.486 e. The van der Waals surface area contributed by atoms with Crippen molar-refractivity contribution in [3.8, 4) is 5.75 Å². The molecule has 1 N–H and O–H groups in total. The molecule has 3 rings (SSSR count). The number of carboxylic acid groups (broad SMARTS) is 1. The number of carbonyl (C=O) groups is 1. The highest BCUT2D eigenvalue weighted by Gasteiger charge is 2.16. The van der Waals surface area contributed by atoms with Crippen molar-refractivity contribution in [2.24, 2.45) is 0 Å². The lowest BCUT2D eigenvalue weighted by molar-refractivity contribution is 0.0697. The number of unbranched alkanes of at least 4 members (excludes halogenated alkanes) is 1. The van der Waals surface area contributed by atoms with Crippen LogP contribution in [-0.2, 0) is 6.42 Å². The molecule has 0 atom stereocenters. The topological polar surface area (TPSA) is 76.7 Å². The molecule has 5 nitrogen and oxygen atoms in total. The molecule has 1 aromatic heterocycles. The van der Waals surface area contributed by atoms with E-state index in [2.05, 4.69) is 13.0 Å². The van der Waals surface area contributed by atoms with Gasteiger partial charge in [0.1, 0.15) is 5.58 Å². The lowest BCUT2D eigenvalue weighted by Gasteiger charge is -2.10. The fourth-order valence-corrected chi connectivity index (χ4v) is 3.08. The number of aryl methyl sites for hydroxylation is 1. The van der Waals surface area contributed by atoms with E-state index < -0.39 is 5.97 Å². The fourth-order valence-electron chi connectivity index (χ4n) is 3.08. The van der Waals surface area contributed by atoms with Crippen LogP contribution >= 0.6 is 0 Å². The summed E-state index contributed by atoms with van der Waals surface area (Å²) in [4.78, 5) is 24.3. The van der Waals surface area contributed by atoms with Crippen molar-refractivity contribution in [3.63, 3.8) is 0 Å². The van der Waals surface area contributed by atoms with Gasteiger partial charge >= 0.3 is 5.97 Å². The molecule has 0 bridgehead atoms. The highest BCUT2D eigenvalue weighted by Crippen LogP contribution is 2.25. The van der Waals surface area contributed by atoms with Gasteiger partial charge in [0.15, 0.2) is 5.76 Å². The Morgan fingerprint density at radius 2 is 1.93 bits per heavy atom. The van der Waals surface area contributed by atoms with E-state index >= 15 is 0 Å². The number of fused-ring (bicyclic) bond motifs is 1. The third kappa shape index (κ3) is 4.57. The molecule has 0 spiro atoms. The number of aromatic carboxylic acids is 1. The Hall–Kier alpha value is -3.34. The van der Waals surface area contributed by atoms with Crippen LogP contribution in [0.5, 0.6) is 5.75 Å². The molecule has 0 amide bonds. The second-order valence-electron chi connectivity index (χ2n) is 6.73. The minimum absolute atomic E-state index is 0.0319. The summed E-state index contributed by atoms with van der Waals surface area (Å²) in [5.74, 6) is -0.661. The van der Waals surface area contributed by atoms with Gasteiger partial charge in [-0.05, 0) is 48.2 Å². The highest BCUT2D eigenvalue weighted by molar-refractivity contribution is 5.93. The summed E-state index contributed by atoms with van der Waals surface area (Å²) in [6.45, 7) is 4.51. The monoisotopic (exact) mass is 392 g/mol. The Labute approximate surface area is 169 Å². The molecule has 5 heteroatoms. The zero-order valence-electron chi connectivity index (χ0n) is 16.6. The minimum atomic E-state index is -1.10. The molecule has 0 fully saturated rings. The lowest BCUT2D eigenvalue weighted by atomic mass is 10.0. The molecule has 0 saturated heterocycles. The number of carboxylic acids is 1. The number of ether oxygens (including phenoxy) is 1. The van der Waals surface area contributed by atoms with Gasteiger partial charge in [0.2, 0.25) is 11.2 Å². The molecule has 3 aromatic rings. The van der Waals surface area contributed by atoms with Crippen LogP contribution in [0.4, 0.5) is 0 Å². The molecule has 29 heavy (non-hydrogen) atoms. The first-order valence-corrected chi connectivity index (χ1v) is 9.78. The van der Waals surface area contributed by atoms with E-state index in [4.69, 9.17) is 9.15 Å². The molecule has 0 aliphatic rings. The van der Waals surface area contributed by atoms with Gasteiger partial charge in [0, 0.05) is 0 Å². The SMILES string of the molecule is CCCCOc1c(C=Cc2ccccc2CC)oc2ccc(C(=O)O)cc2c1=O. The van der Waals surface area contributed by atoms with Crippen molar-refractivity contribution in [3.05, 3.63) is 75.1 Å². The van der Waals surface area contributed by atoms with E-state index in [0.717, 1.165) is 24.8 Å². The van der Waals surface area contributed by atoms with Gasteiger partial charge in [-0.3, -0.25) is 4.79 Å². The van der Waals surface area contributed by atoms with Crippen LogP contribution in [0.25, 0.3) is 23.1 Å². The van der Waals surface area contributed by atoms with Crippen molar-refractivity contribution < 1.29 is 19.1 Å². The van der Waals surface area contributed by atoms with Gasteiger partial charge in [-0.1, -0.05) is 50.6 Å². The maximum atomic E-state index is 13.0. The molecule has 0 aliphatic heterocycles. The molecule has 2 aromatic carbocycles. The number of hydrogen-bond donors (Lipinski definition) is 1. The van der Waals surface area contributed by atoms with Gasteiger partial charge < -0.3 is 14.3 Å². The van der Waals surface area contributed by atoms with Crippen molar-refractivity contribution in [2.45, 2.75) is 33.1 Å². The van der Waals surface area contributed by atoms with E-state index in [1.165, 1.54) is 23.8 Å². The van der Waals surface area contributed by atoms with E-state index in [1.54, 1.807) is 6.08 Å². The summed E-state index contributed by atoms with van der Waals surface area (Å²) >= 11 is 0. The van der Waals surface area contributed by atoms with Crippen LogP contribution in [0.3, 0.4) is 0 Å². The van der Waals surface area contributed by atoms with Gasteiger partial charge in [-0.25, -0.2) is 4.79 Å². The highest BCUT2D eigenvalue weighted by atomic mass is 16.5. The van der Waals surface area contributed by atoms with Crippen molar-refractivity contribution >= 4 is 29.1 Å². The van der Waals surface area contributed by atoms with Crippen LogP contribution in [0.15, 0.2) is 51.7 Å². The summed E-state index contributed by atoms with van der Waals surface area (Å²) < 4.78 is 11.7. The average molecular weight is 392 g/mol. The van der Waals surface area contributed by atoms with Crippen LogP contribution in [0, 0.1) is 0 Å². The molecule has 150 valence electrons. The van der Waals surface area contributed by atoms with Crippen LogP contribution < -0.4 is 10.2 Å². The van der Waals surface area contributed by atoms with Gasteiger partial charge in [-0.15, -0.1) is 0 Å². The summed E-state index contributed by atoms with van der Waals surface area (Å²) in [5, 5.41) is 9.41. The molecule has 0 saturated carbocycles. The first kappa shape index (κ1) is 20.4. The fraction of sp³-hybridized carbons (Fsp3) is 0.250. The van der Waals surface area contributed by atoms with E-state index in [9.17, 15) is 14.7 Å². The Morgan fingerprint density at radius 1 is 1.14 bits per heavy atom. The van der Waals surface area contributed by atoms with Crippen LogP contribution in [-0.4, -0.2) is 17.7 Å². The average Bonchev–Trinajstić information content (AvgIpc) is 2.74. The Balaban J connectivity index is 2.12. The van der Waals surface area contributed by atoms with E-state index in [1.807, 2.05) is 31.2 Å². The molecule has 0 aliphatic carbocycles. The molecule has 0 unspecified atom stereocenters. The number of hydrogen-bond acceptors (Lipinski definition) is 4. The zero-order chi connectivity index (χ0) is 20.8. The second kappa shape index (κ2) is 9.24. The molecular formula is C24H24O5. The normalized spacial score (nSPS) is 11.2.